The number of aromatic nitrogens is 1. The first-order valence-corrected chi connectivity index (χ1v) is 8.77. The number of ether oxygens (including phenoxy) is 2. The summed E-state index contributed by atoms with van der Waals surface area (Å²) in [5, 5.41) is 0. The normalized spacial score (nSPS) is 18.7. The molecular formula is C20H22ClF2N3O3. The average Bonchev–Trinajstić information content (AvgIpc) is 2.67. The van der Waals surface area contributed by atoms with Crippen molar-refractivity contribution < 1.29 is 23.0 Å². The van der Waals surface area contributed by atoms with Crippen LogP contribution in [-0.2, 0) is 16.7 Å². The second kappa shape index (κ2) is 9.76. The van der Waals surface area contributed by atoms with E-state index < -0.39 is 18.6 Å². The van der Waals surface area contributed by atoms with Crippen molar-refractivity contribution in [2.45, 2.75) is 25.3 Å². The van der Waals surface area contributed by atoms with Crippen LogP contribution in [0.3, 0.4) is 0 Å². The summed E-state index contributed by atoms with van der Waals surface area (Å²) in [5.41, 5.74) is 7.16. The van der Waals surface area contributed by atoms with Crippen LogP contribution >= 0.6 is 12.4 Å². The Morgan fingerprint density at radius 3 is 2.79 bits per heavy atom. The van der Waals surface area contributed by atoms with Crippen LogP contribution in [0.1, 0.15) is 28.5 Å². The molecule has 156 valence electrons. The van der Waals surface area contributed by atoms with Crippen molar-refractivity contribution in [1.29, 1.82) is 0 Å². The Balaban J connectivity index is 0.00000300. The lowest BCUT2D eigenvalue weighted by Crippen LogP contribution is -2.37. The molecule has 0 spiro atoms. The number of carbonyl (C=O) groups excluding carboxylic acids is 1. The molecule has 1 aromatic heterocycles. The molecule has 0 radical (unpaired) electrons. The molecule has 1 aliphatic rings. The molecule has 2 aromatic rings. The van der Waals surface area contributed by atoms with Gasteiger partial charge in [0.1, 0.15) is 36.0 Å². The molecule has 0 aliphatic carbocycles. The van der Waals surface area contributed by atoms with E-state index in [1.54, 1.807) is 0 Å². The number of hydrogen-bond donors (Lipinski definition) is 1. The molecule has 0 fully saturated rings. The van der Waals surface area contributed by atoms with E-state index in [2.05, 4.69) is 9.98 Å². The first-order chi connectivity index (χ1) is 13.4. The van der Waals surface area contributed by atoms with E-state index >= 15 is 0 Å². The van der Waals surface area contributed by atoms with Crippen molar-refractivity contribution in [2.75, 3.05) is 19.8 Å². The first kappa shape index (κ1) is 22.7. The van der Waals surface area contributed by atoms with Gasteiger partial charge in [0.15, 0.2) is 5.78 Å². The van der Waals surface area contributed by atoms with Crippen molar-refractivity contribution >= 4 is 24.0 Å². The van der Waals surface area contributed by atoms with E-state index in [9.17, 15) is 13.6 Å². The zero-order valence-electron chi connectivity index (χ0n) is 15.8. The predicted molar refractivity (Wildman–Crippen MR) is 107 cm³/mol. The molecule has 0 bridgehead atoms. The molecule has 0 saturated heterocycles. The van der Waals surface area contributed by atoms with E-state index in [4.69, 9.17) is 15.2 Å². The quantitative estimate of drug-likeness (QED) is 0.688. The monoisotopic (exact) mass is 425 g/mol. The van der Waals surface area contributed by atoms with Crippen LogP contribution in [-0.4, -0.2) is 42.8 Å². The second-order valence-electron chi connectivity index (χ2n) is 6.75. The third-order valence-electron chi connectivity index (χ3n) is 4.34. The van der Waals surface area contributed by atoms with Gasteiger partial charge in [0, 0.05) is 6.42 Å². The van der Waals surface area contributed by atoms with Gasteiger partial charge >= 0.3 is 0 Å². The Hall–Kier alpha value is -2.58. The summed E-state index contributed by atoms with van der Waals surface area (Å²) in [5.74, 6) is 0.443. The number of nitrogens with zero attached hydrogens (tertiary/aromatic N) is 2. The van der Waals surface area contributed by atoms with E-state index in [1.807, 2.05) is 31.2 Å². The summed E-state index contributed by atoms with van der Waals surface area (Å²) in [7, 11) is 0. The summed E-state index contributed by atoms with van der Waals surface area (Å²) in [6.45, 7) is 1.94. The number of nitrogens with two attached hydrogens (primary N) is 1. The Labute approximate surface area is 173 Å². The van der Waals surface area contributed by atoms with Gasteiger partial charge in [0.05, 0.1) is 12.8 Å². The van der Waals surface area contributed by atoms with Gasteiger partial charge in [-0.25, -0.2) is 13.8 Å². The van der Waals surface area contributed by atoms with Crippen LogP contribution in [0.25, 0.3) is 0 Å². The maximum atomic E-state index is 12.5. The van der Waals surface area contributed by atoms with E-state index in [0.717, 1.165) is 11.1 Å². The highest BCUT2D eigenvalue weighted by molar-refractivity contribution is 5.95. The number of hydrogen-bond acceptors (Lipinski definition) is 6. The molecule has 29 heavy (non-hydrogen) atoms. The summed E-state index contributed by atoms with van der Waals surface area (Å²) in [6.07, 6.45) is -1.15. The van der Waals surface area contributed by atoms with Crippen molar-refractivity contribution in [1.82, 2.24) is 4.98 Å². The number of halogens is 3. The molecule has 9 heteroatoms. The van der Waals surface area contributed by atoms with E-state index in [0.29, 0.717) is 19.0 Å². The summed E-state index contributed by atoms with van der Waals surface area (Å²) < 4.78 is 34.7. The molecular weight excluding hydrogens is 404 g/mol. The van der Waals surface area contributed by atoms with Gasteiger partial charge in [0.2, 0.25) is 0 Å². The Morgan fingerprint density at radius 2 is 2.14 bits per heavy atom. The zero-order valence-corrected chi connectivity index (χ0v) is 16.6. The maximum absolute atomic E-state index is 12.5. The molecule has 2 N–H and O–H groups in total. The van der Waals surface area contributed by atoms with Gasteiger partial charge in [-0.1, -0.05) is 24.3 Å². The van der Waals surface area contributed by atoms with Crippen LogP contribution in [0.4, 0.5) is 8.78 Å². The minimum atomic E-state index is -2.57. The predicted octanol–water partition coefficient (Wildman–Crippen LogP) is 3.18. The van der Waals surface area contributed by atoms with E-state index in [-0.39, 0.29) is 36.1 Å². The number of rotatable bonds is 7. The number of carbonyl (C=O) groups is 1. The molecule has 1 aromatic carbocycles. The fourth-order valence-corrected chi connectivity index (χ4v) is 2.97. The van der Waals surface area contributed by atoms with Gasteiger partial charge in [0.25, 0.3) is 6.43 Å². The number of benzene rings is 1. The highest BCUT2D eigenvalue weighted by Gasteiger charge is 2.30. The van der Waals surface area contributed by atoms with Crippen LogP contribution in [0.15, 0.2) is 47.6 Å². The van der Waals surface area contributed by atoms with Crippen molar-refractivity contribution in [3.8, 4) is 5.75 Å². The Bertz CT molecular complexity index is 878. The summed E-state index contributed by atoms with van der Waals surface area (Å²) in [4.78, 5) is 21.0. The zero-order chi connectivity index (χ0) is 20.1. The fourth-order valence-electron chi connectivity index (χ4n) is 2.97. The van der Waals surface area contributed by atoms with Crippen molar-refractivity contribution in [3.05, 3.63) is 59.4 Å². The Kier molecular flexibility index (Phi) is 7.64. The smallest absolute Gasteiger partial charge is 0.272 e. The summed E-state index contributed by atoms with van der Waals surface area (Å²) in [6, 6.07) is 10.5. The average molecular weight is 426 g/mol. The molecule has 0 amide bonds. The van der Waals surface area contributed by atoms with Crippen LogP contribution < -0.4 is 10.5 Å². The van der Waals surface area contributed by atoms with E-state index in [1.165, 1.54) is 18.3 Å². The molecule has 1 unspecified atom stereocenters. The number of Topliss-reactive ketones (excluding diaryl/α,β-unsaturated/α-hetero) is 1. The van der Waals surface area contributed by atoms with Crippen LogP contribution in [0, 0.1) is 0 Å². The summed E-state index contributed by atoms with van der Waals surface area (Å²) >= 11 is 0. The van der Waals surface area contributed by atoms with Crippen LogP contribution in [0.2, 0.25) is 0 Å². The second-order valence-corrected chi connectivity index (χ2v) is 6.75. The van der Waals surface area contributed by atoms with Crippen molar-refractivity contribution in [2.24, 2.45) is 10.7 Å². The van der Waals surface area contributed by atoms with Gasteiger partial charge in [-0.15, -0.1) is 12.4 Å². The molecule has 2 heterocycles. The SMILES string of the molecule is CC1(c2cccc(CC(=O)c3ccc(OCC(F)F)cn3)c2)COCC(N)=N1.Cl. The largest absolute Gasteiger partial charge is 0.486 e. The van der Waals surface area contributed by atoms with Gasteiger partial charge in [-0.2, -0.15) is 0 Å². The lowest BCUT2D eigenvalue weighted by Gasteiger charge is -2.30. The van der Waals surface area contributed by atoms with Crippen molar-refractivity contribution in [3.63, 3.8) is 0 Å². The molecule has 6 nitrogen and oxygen atoms in total. The number of amidine groups is 1. The fraction of sp³-hybridized carbons (Fsp3) is 0.350. The molecule has 1 atom stereocenters. The Morgan fingerprint density at radius 1 is 1.34 bits per heavy atom. The third-order valence-corrected chi connectivity index (χ3v) is 4.34. The van der Waals surface area contributed by atoms with Crippen LogP contribution in [0.5, 0.6) is 5.75 Å². The van der Waals surface area contributed by atoms with Gasteiger partial charge in [-0.3, -0.25) is 9.79 Å². The minimum absolute atomic E-state index is 0. The molecule has 1 aliphatic heterocycles. The third kappa shape index (κ3) is 5.95. The number of aliphatic imine (C=N–C) groups is 1. The highest BCUT2D eigenvalue weighted by atomic mass is 35.5. The number of pyridine rings is 1. The lowest BCUT2D eigenvalue weighted by molar-refractivity contribution is 0.0816. The molecule has 0 saturated carbocycles. The molecule has 3 rings (SSSR count). The lowest BCUT2D eigenvalue weighted by atomic mass is 9.90. The standard InChI is InChI=1S/C20H21F2N3O3.ClH/c1-20(12-27-11-19(23)25-20)14-4-2-3-13(7-14)8-17(26)16-6-5-15(9-24-16)28-10-18(21)22;/h2-7,9,18H,8,10-12H2,1H3,(H2,23,25);1H. The first-order valence-electron chi connectivity index (χ1n) is 8.77. The highest BCUT2D eigenvalue weighted by Crippen LogP contribution is 2.29. The van der Waals surface area contributed by atoms with Gasteiger partial charge in [-0.05, 0) is 30.2 Å². The number of ketones is 1. The van der Waals surface area contributed by atoms with Gasteiger partial charge < -0.3 is 15.2 Å². The topological polar surface area (TPSA) is 86.8 Å². The maximum Gasteiger partial charge on any atom is 0.272 e. The number of alkyl halides is 2. The minimum Gasteiger partial charge on any atom is -0.486 e.